The normalized spacial score (nSPS) is 16.0. The second-order valence-electron chi connectivity index (χ2n) is 8.27. The highest BCUT2D eigenvalue weighted by atomic mass is 35.5. The van der Waals surface area contributed by atoms with E-state index in [0.717, 1.165) is 33.7 Å². The molecule has 0 aliphatic carbocycles. The van der Waals surface area contributed by atoms with Gasteiger partial charge < -0.3 is 14.2 Å². The fourth-order valence-corrected chi connectivity index (χ4v) is 4.98. The summed E-state index contributed by atoms with van der Waals surface area (Å²) in [6, 6.07) is 21.4. The van der Waals surface area contributed by atoms with Crippen molar-refractivity contribution in [1.82, 2.24) is 14.5 Å². The Kier molecular flexibility index (Phi) is 6.00. The summed E-state index contributed by atoms with van der Waals surface area (Å²) in [6.45, 7) is 1.68. The summed E-state index contributed by atoms with van der Waals surface area (Å²) in [6.07, 6.45) is 0.426. The lowest BCUT2D eigenvalue weighted by atomic mass is 10.1. The Hall–Kier alpha value is -3.02. The maximum Gasteiger partial charge on any atom is 0.223 e. The molecule has 0 radical (unpaired) electrons. The van der Waals surface area contributed by atoms with Gasteiger partial charge in [-0.15, -0.1) is 0 Å². The smallest absolute Gasteiger partial charge is 0.223 e. The molecule has 0 N–H and O–H groups in total. The molecular formula is C26H23Cl2N3O2. The number of methoxy groups -OCH3 is 1. The van der Waals surface area contributed by atoms with Crippen LogP contribution in [0.3, 0.4) is 0 Å². The summed E-state index contributed by atoms with van der Waals surface area (Å²) in [7, 11) is 1.64. The van der Waals surface area contributed by atoms with Gasteiger partial charge in [0.05, 0.1) is 24.7 Å². The van der Waals surface area contributed by atoms with Gasteiger partial charge in [0, 0.05) is 41.0 Å². The standard InChI is InChI=1S/C26H23Cl2N3O2/c1-33-19-11-9-17(10-12-19)14-30-15-18(13-25(30)32)26-29-23-7-2-3-8-24(23)31(26)16-20-21(27)5-4-6-22(20)28/h2-12,18H,13-16H2,1H3. The third kappa shape index (κ3) is 4.31. The van der Waals surface area contributed by atoms with Crippen LogP contribution >= 0.6 is 23.2 Å². The van der Waals surface area contributed by atoms with E-state index in [-0.39, 0.29) is 11.8 Å². The topological polar surface area (TPSA) is 47.4 Å². The van der Waals surface area contributed by atoms with E-state index in [9.17, 15) is 4.79 Å². The van der Waals surface area contributed by atoms with Crippen molar-refractivity contribution < 1.29 is 9.53 Å². The number of carbonyl (C=O) groups excluding carboxylic acids is 1. The lowest BCUT2D eigenvalue weighted by Crippen LogP contribution is -2.24. The number of likely N-dealkylation sites (tertiary alicyclic amines) is 1. The molecule has 1 aliphatic heterocycles. The molecule has 3 aromatic carbocycles. The summed E-state index contributed by atoms with van der Waals surface area (Å²) in [5.41, 5.74) is 3.83. The van der Waals surface area contributed by atoms with Gasteiger partial charge in [-0.05, 0) is 42.0 Å². The maximum absolute atomic E-state index is 12.9. The molecule has 5 nitrogen and oxygen atoms in total. The lowest BCUT2D eigenvalue weighted by molar-refractivity contribution is -0.128. The van der Waals surface area contributed by atoms with Gasteiger partial charge in [0.1, 0.15) is 11.6 Å². The molecule has 0 bridgehead atoms. The first kappa shape index (κ1) is 21.8. The molecule has 1 atom stereocenters. The maximum atomic E-state index is 12.9. The first-order chi connectivity index (χ1) is 16.0. The van der Waals surface area contributed by atoms with Crippen molar-refractivity contribution in [2.75, 3.05) is 13.7 Å². The van der Waals surface area contributed by atoms with E-state index in [1.54, 1.807) is 7.11 Å². The summed E-state index contributed by atoms with van der Waals surface area (Å²) in [5.74, 6) is 1.81. The number of carbonyl (C=O) groups is 1. The number of halogens is 2. The van der Waals surface area contributed by atoms with Crippen LogP contribution in [0.1, 0.15) is 29.3 Å². The Morgan fingerprint density at radius 1 is 0.970 bits per heavy atom. The molecule has 1 unspecified atom stereocenters. The van der Waals surface area contributed by atoms with Gasteiger partial charge in [0.25, 0.3) is 0 Å². The number of imidazole rings is 1. The molecule has 1 saturated heterocycles. The van der Waals surface area contributed by atoms with E-state index in [0.29, 0.717) is 36.1 Å². The van der Waals surface area contributed by atoms with E-state index >= 15 is 0 Å². The van der Waals surface area contributed by atoms with E-state index < -0.39 is 0 Å². The minimum atomic E-state index is -0.00980. The van der Waals surface area contributed by atoms with Crippen molar-refractivity contribution in [2.45, 2.75) is 25.4 Å². The van der Waals surface area contributed by atoms with Crippen LogP contribution in [-0.2, 0) is 17.9 Å². The van der Waals surface area contributed by atoms with Gasteiger partial charge in [-0.25, -0.2) is 4.98 Å². The number of amides is 1. The minimum absolute atomic E-state index is 0.00980. The van der Waals surface area contributed by atoms with Crippen LogP contribution < -0.4 is 4.74 Å². The van der Waals surface area contributed by atoms with Crippen LogP contribution in [0.5, 0.6) is 5.75 Å². The molecule has 5 rings (SSSR count). The molecule has 1 aromatic heterocycles. The molecule has 4 aromatic rings. The molecule has 1 fully saturated rings. The van der Waals surface area contributed by atoms with Crippen LogP contribution in [-0.4, -0.2) is 34.0 Å². The fraction of sp³-hybridized carbons (Fsp3) is 0.231. The molecule has 0 spiro atoms. The predicted octanol–water partition coefficient (Wildman–Crippen LogP) is 5.92. The van der Waals surface area contributed by atoms with Crippen molar-refractivity contribution in [3.05, 3.63) is 93.7 Å². The number of hydrogen-bond acceptors (Lipinski definition) is 3. The summed E-state index contributed by atoms with van der Waals surface area (Å²) in [5, 5.41) is 1.24. The average molecular weight is 480 g/mol. The molecule has 33 heavy (non-hydrogen) atoms. The number of hydrogen-bond donors (Lipinski definition) is 0. The van der Waals surface area contributed by atoms with Crippen LogP contribution in [0, 0.1) is 0 Å². The molecule has 0 saturated carbocycles. The van der Waals surface area contributed by atoms with Crippen molar-refractivity contribution in [2.24, 2.45) is 0 Å². The molecular weight excluding hydrogens is 457 g/mol. The molecule has 2 heterocycles. The van der Waals surface area contributed by atoms with E-state index in [4.69, 9.17) is 32.9 Å². The quantitative estimate of drug-likeness (QED) is 0.345. The predicted molar refractivity (Wildman–Crippen MR) is 131 cm³/mol. The van der Waals surface area contributed by atoms with Gasteiger partial charge in [0.15, 0.2) is 0 Å². The van der Waals surface area contributed by atoms with Gasteiger partial charge in [-0.3, -0.25) is 4.79 Å². The Labute approximate surface area is 202 Å². The van der Waals surface area contributed by atoms with Crippen LogP contribution in [0.15, 0.2) is 66.7 Å². The van der Waals surface area contributed by atoms with Crippen LogP contribution in [0.4, 0.5) is 0 Å². The monoisotopic (exact) mass is 479 g/mol. The zero-order valence-corrected chi connectivity index (χ0v) is 19.7. The SMILES string of the molecule is COc1ccc(CN2CC(c3nc4ccccc4n3Cc3c(Cl)cccc3Cl)CC2=O)cc1. The molecule has 1 amide bonds. The number of fused-ring (bicyclic) bond motifs is 1. The third-order valence-electron chi connectivity index (χ3n) is 6.17. The number of ether oxygens (including phenoxy) is 1. The van der Waals surface area contributed by atoms with Gasteiger partial charge >= 0.3 is 0 Å². The average Bonchev–Trinajstić information content (AvgIpc) is 3.37. The number of nitrogens with zero attached hydrogens (tertiary/aromatic N) is 3. The largest absolute Gasteiger partial charge is 0.497 e. The Morgan fingerprint density at radius 3 is 2.42 bits per heavy atom. The van der Waals surface area contributed by atoms with E-state index in [2.05, 4.69) is 4.57 Å². The Morgan fingerprint density at radius 2 is 1.70 bits per heavy atom. The van der Waals surface area contributed by atoms with Gasteiger partial charge in [-0.2, -0.15) is 0 Å². The van der Waals surface area contributed by atoms with Crippen molar-refractivity contribution in [1.29, 1.82) is 0 Å². The van der Waals surface area contributed by atoms with E-state index in [1.807, 2.05) is 71.6 Å². The van der Waals surface area contributed by atoms with Crippen LogP contribution in [0.2, 0.25) is 10.0 Å². The second kappa shape index (κ2) is 9.08. The third-order valence-corrected chi connectivity index (χ3v) is 6.88. The number of rotatable bonds is 6. The first-order valence-corrected chi connectivity index (χ1v) is 11.6. The lowest BCUT2D eigenvalue weighted by Gasteiger charge is -2.18. The van der Waals surface area contributed by atoms with Crippen molar-refractivity contribution in [3.63, 3.8) is 0 Å². The van der Waals surface area contributed by atoms with E-state index in [1.165, 1.54) is 0 Å². The second-order valence-corrected chi connectivity index (χ2v) is 9.08. The zero-order valence-electron chi connectivity index (χ0n) is 18.2. The highest BCUT2D eigenvalue weighted by Crippen LogP contribution is 2.34. The minimum Gasteiger partial charge on any atom is -0.497 e. The summed E-state index contributed by atoms with van der Waals surface area (Å²) in [4.78, 5) is 19.7. The summed E-state index contributed by atoms with van der Waals surface area (Å²) >= 11 is 13.0. The Bertz CT molecular complexity index is 1300. The number of aromatic nitrogens is 2. The Balaban J connectivity index is 1.46. The fourth-order valence-electron chi connectivity index (χ4n) is 4.46. The number of para-hydroxylation sites is 2. The highest BCUT2D eigenvalue weighted by Gasteiger charge is 2.34. The van der Waals surface area contributed by atoms with Gasteiger partial charge in [0.2, 0.25) is 5.91 Å². The first-order valence-electron chi connectivity index (χ1n) is 10.8. The molecule has 7 heteroatoms. The highest BCUT2D eigenvalue weighted by molar-refractivity contribution is 6.36. The van der Waals surface area contributed by atoms with Crippen molar-refractivity contribution >= 4 is 40.1 Å². The summed E-state index contributed by atoms with van der Waals surface area (Å²) < 4.78 is 7.38. The van der Waals surface area contributed by atoms with Gasteiger partial charge in [-0.1, -0.05) is 53.5 Å². The molecule has 168 valence electrons. The zero-order chi connectivity index (χ0) is 22.9. The number of benzene rings is 3. The molecule has 1 aliphatic rings. The van der Waals surface area contributed by atoms with Crippen molar-refractivity contribution in [3.8, 4) is 5.75 Å². The van der Waals surface area contributed by atoms with Crippen LogP contribution in [0.25, 0.3) is 11.0 Å².